The molecule has 0 aromatic heterocycles. The monoisotopic (exact) mass is 260 g/mol. The maximum absolute atomic E-state index is 5.67. The van der Waals surface area contributed by atoms with Gasteiger partial charge in [-0.15, -0.1) is 0 Å². The van der Waals surface area contributed by atoms with Gasteiger partial charge in [-0.05, 0) is 24.8 Å². The van der Waals surface area contributed by atoms with Crippen LogP contribution in [0.1, 0.15) is 57.4 Å². The van der Waals surface area contributed by atoms with Crippen molar-refractivity contribution in [3.8, 4) is 0 Å². The Morgan fingerprint density at radius 1 is 1.00 bits per heavy atom. The molecule has 0 amide bonds. The summed E-state index contributed by atoms with van der Waals surface area (Å²) in [7, 11) is 0. The molecule has 0 heterocycles. The van der Waals surface area contributed by atoms with Crippen LogP contribution in [0.15, 0.2) is 42.5 Å². The van der Waals surface area contributed by atoms with Gasteiger partial charge in [0.2, 0.25) is 0 Å². The van der Waals surface area contributed by atoms with Crippen molar-refractivity contribution < 1.29 is 4.74 Å². The van der Waals surface area contributed by atoms with Crippen molar-refractivity contribution in [2.75, 3.05) is 6.61 Å². The summed E-state index contributed by atoms with van der Waals surface area (Å²) < 4.78 is 5.67. The van der Waals surface area contributed by atoms with Crippen molar-refractivity contribution in [1.82, 2.24) is 0 Å². The van der Waals surface area contributed by atoms with E-state index in [4.69, 9.17) is 4.74 Å². The van der Waals surface area contributed by atoms with E-state index < -0.39 is 0 Å². The van der Waals surface area contributed by atoms with Crippen LogP contribution in [0.3, 0.4) is 0 Å². The van der Waals surface area contributed by atoms with Gasteiger partial charge in [-0.25, -0.2) is 0 Å². The van der Waals surface area contributed by atoms with E-state index in [1.54, 1.807) is 0 Å². The normalized spacial score (nSPS) is 10.6. The van der Waals surface area contributed by atoms with Crippen LogP contribution in [-0.2, 0) is 11.3 Å². The molecule has 1 rings (SSSR count). The van der Waals surface area contributed by atoms with Crippen molar-refractivity contribution in [1.29, 1.82) is 0 Å². The van der Waals surface area contributed by atoms with Gasteiger partial charge >= 0.3 is 0 Å². The zero-order chi connectivity index (χ0) is 13.8. The average Bonchev–Trinajstić information content (AvgIpc) is 2.44. The fourth-order valence-electron chi connectivity index (χ4n) is 2.08. The maximum atomic E-state index is 5.67. The van der Waals surface area contributed by atoms with Gasteiger partial charge in [-0.3, -0.25) is 0 Å². The van der Waals surface area contributed by atoms with Gasteiger partial charge in [0.05, 0.1) is 13.2 Å². The van der Waals surface area contributed by atoms with Gasteiger partial charge in [-0.1, -0.05) is 75.1 Å². The number of benzene rings is 1. The average molecular weight is 260 g/mol. The highest BCUT2D eigenvalue weighted by Crippen LogP contribution is 2.12. The molecule has 0 spiro atoms. The minimum Gasteiger partial charge on any atom is -0.376 e. The highest BCUT2D eigenvalue weighted by atomic mass is 16.5. The first kappa shape index (κ1) is 16.0. The predicted octanol–water partition coefficient (Wildman–Crippen LogP) is 5.51. The third-order valence-corrected chi connectivity index (χ3v) is 3.35. The maximum Gasteiger partial charge on any atom is 0.0717 e. The van der Waals surface area contributed by atoms with Crippen molar-refractivity contribution in [3.05, 3.63) is 48.0 Å². The number of hydrogen-bond donors (Lipinski definition) is 0. The van der Waals surface area contributed by atoms with Gasteiger partial charge in [0.15, 0.2) is 0 Å². The van der Waals surface area contributed by atoms with E-state index in [9.17, 15) is 0 Å². The van der Waals surface area contributed by atoms with Crippen LogP contribution in [0.2, 0.25) is 0 Å². The summed E-state index contributed by atoms with van der Waals surface area (Å²) in [6.45, 7) is 7.90. The summed E-state index contributed by atoms with van der Waals surface area (Å²) >= 11 is 0. The number of ether oxygens (including phenoxy) is 1. The molecule has 0 saturated carbocycles. The number of hydrogen-bond acceptors (Lipinski definition) is 1. The third kappa shape index (κ3) is 8.61. The highest BCUT2D eigenvalue weighted by Gasteiger charge is 1.97. The van der Waals surface area contributed by atoms with Crippen LogP contribution in [0, 0.1) is 0 Å². The van der Waals surface area contributed by atoms with E-state index in [1.165, 1.54) is 49.7 Å². The van der Waals surface area contributed by atoms with Crippen molar-refractivity contribution in [3.63, 3.8) is 0 Å². The van der Waals surface area contributed by atoms with E-state index in [2.05, 4.69) is 25.6 Å². The first-order valence-corrected chi connectivity index (χ1v) is 7.61. The summed E-state index contributed by atoms with van der Waals surface area (Å²) in [6.07, 6.45) is 8.85. The summed E-state index contributed by atoms with van der Waals surface area (Å²) in [5, 5.41) is 0. The Hall–Kier alpha value is -1.08. The molecule has 1 aromatic carbocycles. The van der Waals surface area contributed by atoms with E-state index in [1.807, 2.05) is 18.2 Å². The lowest BCUT2D eigenvalue weighted by Crippen LogP contribution is -1.97. The quantitative estimate of drug-likeness (QED) is 0.376. The zero-order valence-corrected chi connectivity index (χ0v) is 12.4. The lowest BCUT2D eigenvalue weighted by atomic mass is 10.1. The van der Waals surface area contributed by atoms with E-state index in [0.29, 0.717) is 6.61 Å². The zero-order valence-electron chi connectivity index (χ0n) is 12.4. The van der Waals surface area contributed by atoms with Gasteiger partial charge < -0.3 is 4.74 Å². The standard InChI is InChI=1S/C18H28O/c1-3-4-5-6-8-11-17(2)14-15-19-16-18-12-9-7-10-13-18/h7,9-10,12-13H,2-6,8,11,14-16H2,1H3. The van der Waals surface area contributed by atoms with Gasteiger partial charge in [0.25, 0.3) is 0 Å². The smallest absolute Gasteiger partial charge is 0.0717 e. The SMILES string of the molecule is C=C(CCCCCCC)CCOCc1ccccc1. The summed E-state index contributed by atoms with van der Waals surface area (Å²) in [5.41, 5.74) is 2.58. The minimum absolute atomic E-state index is 0.713. The van der Waals surface area contributed by atoms with Crippen molar-refractivity contribution in [2.24, 2.45) is 0 Å². The molecule has 0 aliphatic rings. The molecule has 106 valence electrons. The summed E-state index contributed by atoms with van der Waals surface area (Å²) in [6, 6.07) is 10.3. The Morgan fingerprint density at radius 2 is 1.74 bits per heavy atom. The first-order valence-electron chi connectivity index (χ1n) is 7.61. The lowest BCUT2D eigenvalue weighted by Gasteiger charge is -2.07. The van der Waals surface area contributed by atoms with E-state index in [-0.39, 0.29) is 0 Å². The predicted molar refractivity (Wildman–Crippen MR) is 83.2 cm³/mol. The Bertz CT molecular complexity index is 329. The largest absolute Gasteiger partial charge is 0.376 e. The van der Waals surface area contributed by atoms with Crippen molar-refractivity contribution >= 4 is 0 Å². The molecule has 1 nitrogen and oxygen atoms in total. The van der Waals surface area contributed by atoms with Crippen LogP contribution in [0.4, 0.5) is 0 Å². The molecule has 0 aliphatic carbocycles. The lowest BCUT2D eigenvalue weighted by molar-refractivity contribution is 0.123. The van der Waals surface area contributed by atoms with Crippen LogP contribution in [-0.4, -0.2) is 6.61 Å². The number of unbranched alkanes of at least 4 members (excludes halogenated alkanes) is 4. The van der Waals surface area contributed by atoms with Crippen LogP contribution in [0.5, 0.6) is 0 Å². The second kappa shape index (κ2) is 10.8. The van der Waals surface area contributed by atoms with Gasteiger partial charge in [0.1, 0.15) is 0 Å². The fraction of sp³-hybridized carbons (Fsp3) is 0.556. The third-order valence-electron chi connectivity index (χ3n) is 3.35. The van der Waals surface area contributed by atoms with Crippen LogP contribution >= 0.6 is 0 Å². The van der Waals surface area contributed by atoms with Crippen LogP contribution in [0.25, 0.3) is 0 Å². The summed E-state index contributed by atoms with van der Waals surface area (Å²) in [4.78, 5) is 0. The number of rotatable bonds is 11. The van der Waals surface area contributed by atoms with E-state index >= 15 is 0 Å². The molecule has 0 aliphatic heterocycles. The minimum atomic E-state index is 0.713. The van der Waals surface area contributed by atoms with Gasteiger partial charge in [0, 0.05) is 0 Å². The Balaban J connectivity index is 1.95. The van der Waals surface area contributed by atoms with E-state index in [0.717, 1.165) is 13.0 Å². The molecule has 0 saturated heterocycles. The van der Waals surface area contributed by atoms with Crippen molar-refractivity contribution in [2.45, 2.75) is 58.5 Å². The van der Waals surface area contributed by atoms with Crippen LogP contribution < -0.4 is 0 Å². The van der Waals surface area contributed by atoms with Gasteiger partial charge in [-0.2, -0.15) is 0 Å². The molecule has 0 N–H and O–H groups in total. The fourth-order valence-corrected chi connectivity index (χ4v) is 2.08. The molecule has 1 aromatic rings. The first-order chi connectivity index (χ1) is 9.33. The molecule has 0 radical (unpaired) electrons. The molecular formula is C18H28O. The summed E-state index contributed by atoms with van der Waals surface area (Å²) in [5.74, 6) is 0. The topological polar surface area (TPSA) is 9.23 Å². The molecule has 0 unspecified atom stereocenters. The molecule has 0 bridgehead atoms. The Morgan fingerprint density at radius 3 is 2.47 bits per heavy atom. The molecule has 1 heteroatoms. The molecule has 0 fully saturated rings. The molecule has 0 atom stereocenters. The Labute approximate surface area is 118 Å². The molecular weight excluding hydrogens is 232 g/mol. The second-order valence-corrected chi connectivity index (χ2v) is 5.20. The Kier molecular flexibility index (Phi) is 9.09. The highest BCUT2D eigenvalue weighted by molar-refractivity contribution is 5.13. The molecule has 19 heavy (non-hydrogen) atoms. The second-order valence-electron chi connectivity index (χ2n) is 5.20.